The number of nitro benzene ring substituents is 1. The second-order valence-electron chi connectivity index (χ2n) is 8.16. The first-order valence-electron chi connectivity index (χ1n) is 11.5. The molecule has 3 N–H and O–H groups in total. The fraction of sp³-hybridized carbons (Fsp3) is 0.0714. The molecule has 0 fully saturated rings. The van der Waals surface area contributed by atoms with Crippen LogP contribution in [0.1, 0.15) is 16.6 Å². The smallest absolute Gasteiger partial charge is 0.269 e. The van der Waals surface area contributed by atoms with Gasteiger partial charge in [0.05, 0.1) is 22.9 Å². The molecular weight excluding hydrogens is 488 g/mol. The van der Waals surface area contributed by atoms with E-state index in [9.17, 15) is 14.9 Å². The van der Waals surface area contributed by atoms with E-state index in [2.05, 4.69) is 5.32 Å². The number of nitro groups is 1. The number of rotatable bonds is 7. The number of nitrogens with two attached hydrogens (primary N) is 1. The van der Waals surface area contributed by atoms with Crippen molar-refractivity contribution in [1.82, 2.24) is 4.98 Å². The summed E-state index contributed by atoms with van der Waals surface area (Å²) in [6.07, 6.45) is 0. The number of carbonyl (C=O) groups excluding carboxylic acids is 1. The van der Waals surface area contributed by atoms with E-state index in [-0.39, 0.29) is 5.69 Å². The minimum atomic E-state index is -0.492. The number of amides is 1. The first-order valence-corrected chi connectivity index (χ1v) is 12.3. The fourth-order valence-corrected chi connectivity index (χ4v) is 5.04. The zero-order valence-corrected chi connectivity index (χ0v) is 20.6. The van der Waals surface area contributed by atoms with Gasteiger partial charge in [-0.05, 0) is 60.5 Å². The summed E-state index contributed by atoms with van der Waals surface area (Å²) in [5.41, 5.74) is 10.7. The number of non-ortho nitro benzene ring substituents is 1. The third-order valence-corrected chi connectivity index (χ3v) is 6.89. The summed E-state index contributed by atoms with van der Waals surface area (Å²) in [7, 11) is 0. The molecule has 0 bridgehead atoms. The summed E-state index contributed by atoms with van der Waals surface area (Å²) in [4.78, 5) is 29.4. The highest BCUT2D eigenvalue weighted by molar-refractivity contribution is 7.21. The predicted octanol–water partition coefficient (Wildman–Crippen LogP) is 6.77. The molecule has 2 aromatic heterocycles. The van der Waals surface area contributed by atoms with Crippen LogP contribution in [0.3, 0.4) is 0 Å². The van der Waals surface area contributed by atoms with Crippen LogP contribution >= 0.6 is 11.3 Å². The number of carbonyl (C=O) groups is 1. The average Bonchev–Trinajstić information content (AvgIpc) is 3.26. The molecule has 0 unspecified atom stereocenters. The van der Waals surface area contributed by atoms with E-state index in [4.69, 9.17) is 15.5 Å². The van der Waals surface area contributed by atoms with Crippen LogP contribution in [-0.4, -0.2) is 22.4 Å². The molecule has 184 valence electrons. The van der Waals surface area contributed by atoms with Crippen molar-refractivity contribution in [2.24, 2.45) is 0 Å². The van der Waals surface area contributed by atoms with Crippen molar-refractivity contribution in [3.63, 3.8) is 0 Å². The van der Waals surface area contributed by atoms with Gasteiger partial charge in [0.2, 0.25) is 0 Å². The quantitative estimate of drug-likeness (QED) is 0.184. The summed E-state index contributed by atoms with van der Waals surface area (Å²) in [5.74, 6) is 0.372. The number of nitrogen functional groups attached to an aromatic ring is 1. The van der Waals surface area contributed by atoms with Crippen molar-refractivity contribution in [2.45, 2.75) is 6.92 Å². The molecule has 0 saturated heterocycles. The normalized spacial score (nSPS) is 10.8. The molecule has 0 saturated carbocycles. The predicted molar refractivity (Wildman–Crippen MR) is 147 cm³/mol. The van der Waals surface area contributed by atoms with Gasteiger partial charge in [-0.3, -0.25) is 14.9 Å². The van der Waals surface area contributed by atoms with Crippen LogP contribution in [0.4, 0.5) is 17.1 Å². The second-order valence-corrected chi connectivity index (χ2v) is 9.16. The number of hydrogen-bond acceptors (Lipinski definition) is 7. The minimum Gasteiger partial charge on any atom is -0.494 e. The van der Waals surface area contributed by atoms with Gasteiger partial charge in [-0.15, -0.1) is 11.3 Å². The van der Waals surface area contributed by atoms with E-state index in [1.807, 2.05) is 67.6 Å². The number of benzene rings is 3. The van der Waals surface area contributed by atoms with E-state index in [0.717, 1.165) is 28.1 Å². The lowest BCUT2D eigenvalue weighted by atomic mass is 9.99. The molecule has 1 amide bonds. The summed E-state index contributed by atoms with van der Waals surface area (Å²) in [6, 6.07) is 25.1. The maximum absolute atomic E-state index is 13.2. The Morgan fingerprint density at radius 2 is 1.73 bits per heavy atom. The van der Waals surface area contributed by atoms with Crippen LogP contribution in [0.5, 0.6) is 5.75 Å². The van der Waals surface area contributed by atoms with E-state index >= 15 is 0 Å². The van der Waals surface area contributed by atoms with Gasteiger partial charge >= 0.3 is 0 Å². The van der Waals surface area contributed by atoms with Gasteiger partial charge < -0.3 is 15.8 Å². The Balaban J connectivity index is 1.58. The molecule has 0 radical (unpaired) electrons. The van der Waals surface area contributed by atoms with Crippen molar-refractivity contribution in [3.8, 4) is 28.1 Å². The number of anilines is 2. The zero-order valence-electron chi connectivity index (χ0n) is 19.8. The number of ether oxygens (including phenoxy) is 1. The van der Waals surface area contributed by atoms with Crippen LogP contribution < -0.4 is 15.8 Å². The third kappa shape index (κ3) is 4.85. The van der Waals surface area contributed by atoms with Crippen molar-refractivity contribution in [3.05, 3.63) is 99.9 Å². The molecule has 3 aromatic carbocycles. The van der Waals surface area contributed by atoms with Crippen LogP contribution in [0.25, 0.3) is 32.6 Å². The van der Waals surface area contributed by atoms with Crippen LogP contribution in [0, 0.1) is 10.1 Å². The van der Waals surface area contributed by atoms with Crippen molar-refractivity contribution >= 4 is 44.5 Å². The molecule has 0 aliphatic rings. The van der Waals surface area contributed by atoms with Crippen LogP contribution in [0.2, 0.25) is 0 Å². The molecule has 0 aliphatic heterocycles. The summed E-state index contributed by atoms with van der Waals surface area (Å²) < 4.78 is 5.56. The number of hydrogen-bond donors (Lipinski definition) is 2. The Labute approximate surface area is 216 Å². The summed E-state index contributed by atoms with van der Waals surface area (Å²) >= 11 is 1.21. The van der Waals surface area contributed by atoms with Crippen molar-refractivity contribution in [1.29, 1.82) is 0 Å². The Morgan fingerprint density at radius 3 is 2.38 bits per heavy atom. The van der Waals surface area contributed by atoms with Gasteiger partial charge in [0.25, 0.3) is 11.6 Å². The van der Waals surface area contributed by atoms with Crippen molar-refractivity contribution < 1.29 is 14.5 Å². The molecular formula is C28H22N4O4S. The van der Waals surface area contributed by atoms with Gasteiger partial charge in [0, 0.05) is 28.8 Å². The second kappa shape index (κ2) is 10.1. The fourth-order valence-electron chi connectivity index (χ4n) is 4.03. The summed E-state index contributed by atoms with van der Waals surface area (Å²) in [5, 5.41) is 14.4. The molecule has 2 heterocycles. The molecule has 8 nitrogen and oxygen atoms in total. The standard InChI is InChI=1S/C28H22N4O4S/c1-2-36-21-14-8-18(9-15-21)23-16-22(17-6-4-3-5-7-17)24-25(29)26(37-28(24)31-23)27(33)30-19-10-12-20(13-11-19)32(34)35/h3-16H,2,29H2,1H3,(H,30,33). The Kier molecular flexibility index (Phi) is 6.53. The van der Waals surface area contributed by atoms with Gasteiger partial charge in [-0.2, -0.15) is 0 Å². The highest BCUT2D eigenvalue weighted by atomic mass is 32.1. The lowest BCUT2D eigenvalue weighted by molar-refractivity contribution is -0.384. The largest absolute Gasteiger partial charge is 0.494 e. The van der Waals surface area contributed by atoms with Gasteiger partial charge in [0.1, 0.15) is 15.5 Å². The topological polar surface area (TPSA) is 120 Å². The number of nitrogens with one attached hydrogen (secondary N) is 1. The number of pyridine rings is 1. The monoisotopic (exact) mass is 510 g/mol. The highest BCUT2D eigenvalue weighted by Crippen LogP contribution is 2.41. The number of thiophene rings is 1. The first-order chi connectivity index (χ1) is 17.9. The molecule has 0 aliphatic carbocycles. The third-order valence-electron chi connectivity index (χ3n) is 5.79. The molecule has 37 heavy (non-hydrogen) atoms. The van der Waals surface area contributed by atoms with Gasteiger partial charge in [0.15, 0.2) is 0 Å². The Bertz CT molecular complexity index is 1600. The molecule has 9 heteroatoms. The Hall–Kier alpha value is -4.76. The summed E-state index contributed by atoms with van der Waals surface area (Å²) in [6.45, 7) is 2.52. The molecule has 5 aromatic rings. The van der Waals surface area contributed by atoms with E-state index in [0.29, 0.717) is 33.1 Å². The number of aromatic nitrogens is 1. The minimum absolute atomic E-state index is 0.0575. The van der Waals surface area contributed by atoms with Crippen molar-refractivity contribution in [2.75, 3.05) is 17.7 Å². The lowest BCUT2D eigenvalue weighted by Gasteiger charge is -2.10. The lowest BCUT2D eigenvalue weighted by Crippen LogP contribution is -2.11. The Morgan fingerprint density at radius 1 is 1.03 bits per heavy atom. The average molecular weight is 511 g/mol. The number of nitrogens with zero attached hydrogens (tertiary/aromatic N) is 2. The van der Waals surface area contributed by atoms with Gasteiger partial charge in [-0.1, -0.05) is 30.3 Å². The zero-order chi connectivity index (χ0) is 25.9. The van der Waals surface area contributed by atoms with E-state index in [1.165, 1.54) is 35.6 Å². The van der Waals surface area contributed by atoms with E-state index in [1.54, 1.807) is 0 Å². The maximum Gasteiger partial charge on any atom is 0.269 e. The SMILES string of the molecule is CCOc1ccc(-c2cc(-c3ccccc3)c3c(N)c(C(=O)Nc4ccc([N+](=O)[O-])cc4)sc3n2)cc1. The number of fused-ring (bicyclic) bond motifs is 1. The first kappa shape index (κ1) is 24.0. The molecule has 0 atom stereocenters. The highest BCUT2D eigenvalue weighted by Gasteiger charge is 2.22. The van der Waals surface area contributed by atoms with Crippen LogP contribution in [-0.2, 0) is 0 Å². The molecule has 0 spiro atoms. The molecule has 5 rings (SSSR count). The van der Waals surface area contributed by atoms with Crippen LogP contribution in [0.15, 0.2) is 84.9 Å². The van der Waals surface area contributed by atoms with Gasteiger partial charge in [-0.25, -0.2) is 4.98 Å². The van der Waals surface area contributed by atoms with E-state index < -0.39 is 10.8 Å². The maximum atomic E-state index is 13.2.